The number of nitrogens with one attached hydrogen (secondary N) is 1. The average Bonchev–Trinajstić information content (AvgIpc) is 2.40. The molecule has 0 saturated heterocycles. The average molecular weight is 139 g/mol. The third-order valence-electron chi connectivity index (χ3n) is 1.11. The monoisotopic (exact) mass is 139 g/mol. The number of methoxy groups -OCH3 is 1. The zero-order valence-corrected chi connectivity index (χ0v) is 5.74. The SMILES string of the molecule is COC(=N)Cn1cccn1. The van der Waals surface area contributed by atoms with E-state index in [1.807, 2.05) is 6.07 Å². The fourth-order valence-electron chi connectivity index (χ4n) is 0.606. The van der Waals surface area contributed by atoms with Crippen LogP contribution in [0.3, 0.4) is 0 Å². The molecule has 0 radical (unpaired) electrons. The van der Waals surface area contributed by atoms with Crippen LogP contribution in [0.15, 0.2) is 18.5 Å². The molecule has 4 nitrogen and oxygen atoms in total. The maximum absolute atomic E-state index is 7.13. The summed E-state index contributed by atoms with van der Waals surface area (Å²) in [6.45, 7) is 0.406. The van der Waals surface area contributed by atoms with E-state index in [0.29, 0.717) is 6.54 Å². The smallest absolute Gasteiger partial charge is 0.202 e. The van der Waals surface area contributed by atoms with Crippen molar-refractivity contribution in [2.75, 3.05) is 7.11 Å². The van der Waals surface area contributed by atoms with Gasteiger partial charge in [-0.15, -0.1) is 0 Å². The topological polar surface area (TPSA) is 50.9 Å². The third-order valence-corrected chi connectivity index (χ3v) is 1.11. The minimum absolute atomic E-state index is 0.212. The van der Waals surface area contributed by atoms with Gasteiger partial charge >= 0.3 is 0 Å². The molecule has 0 amide bonds. The predicted octanol–water partition coefficient (Wildman–Crippen LogP) is 0.507. The van der Waals surface area contributed by atoms with Crippen molar-refractivity contribution in [3.05, 3.63) is 18.5 Å². The molecule has 0 aromatic carbocycles. The second kappa shape index (κ2) is 3.00. The Bertz CT molecular complexity index is 205. The van der Waals surface area contributed by atoms with Crippen molar-refractivity contribution in [2.45, 2.75) is 6.54 Å². The van der Waals surface area contributed by atoms with Crippen molar-refractivity contribution in [1.29, 1.82) is 5.41 Å². The van der Waals surface area contributed by atoms with Crippen molar-refractivity contribution in [3.8, 4) is 0 Å². The van der Waals surface area contributed by atoms with Gasteiger partial charge in [-0.2, -0.15) is 5.10 Å². The van der Waals surface area contributed by atoms with Crippen LogP contribution in [0.1, 0.15) is 0 Å². The van der Waals surface area contributed by atoms with Gasteiger partial charge in [-0.3, -0.25) is 10.1 Å². The normalized spacial score (nSPS) is 9.30. The molecule has 0 atom stereocenters. The largest absolute Gasteiger partial charge is 0.483 e. The standard InChI is InChI=1S/C6H9N3O/c1-10-6(7)5-9-4-2-3-8-9/h2-4,7H,5H2,1H3. The Kier molecular flexibility index (Phi) is 2.04. The van der Waals surface area contributed by atoms with Crippen LogP contribution < -0.4 is 0 Å². The molecule has 10 heavy (non-hydrogen) atoms. The lowest BCUT2D eigenvalue weighted by molar-refractivity contribution is 0.377. The molecule has 1 aromatic rings. The van der Waals surface area contributed by atoms with E-state index in [9.17, 15) is 0 Å². The van der Waals surface area contributed by atoms with E-state index in [4.69, 9.17) is 5.41 Å². The molecule has 1 rings (SSSR count). The van der Waals surface area contributed by atoms with Crippen LogP contribution in [-0.2, 0) is 11.3 Å². The summed E-state index contributed by atoms with van der Waals surface area (Å²) in [5, 5.41) is 11.0. The Morgan fingerprint density at radius 1 is 1.80 bits per heavy atom. The third kappa shape index (κ3) is 1.58. The minimum atomic E-state index is 0.212. The van der Waals surface area contributed by atoms with Gasteiger partial charge in [0.1, 0.15) is 6.54 Å². The molecule has 0 aliphatic heterocycles. The highest BCUT2D eigenvalue weighted by atomic mass is 16.5. The van der Waals surface area contributed by atoms with Crippen LogP contribution >= 0.6 is 0 Å². The zero-order valence-electron chi connectivity index (χ0n) is 5.74. The molecule has 0 aliphatic rings. The number of hydrogen-bond acceptors (Lipinski definition) is 3. The Labute approximate surface area is 58.9 Å². The molecule has 4 heteroatoms. The van der Waals surface area contributed by atoms with E-state index >= 15 is 0 Å². The van der Waals surface area contributed by atoms with Gasteiger partial charge in [-0.25, -0.2) is 0 Å². The molecule has 0 bridgehead atoms. The van der Waals surface area contributed by atoms with Crippen LogP contribution in [0.2, 0.25) is 0 Å². The Hall–Kier alpha value is -1.32. The highest BCUT2D eigenvalue weighted by Gasteiger charge is 1.94. The van der Waals surface area contributed by atoms with E-state index in [0.717, 1.165) is 0 Å². The number of hydrogen-bond donors (Lipinski definition) is 1. The maximum Gasteiger partial charge on any atom is 0.202 e. The fourth-order valence-corrected chi connectivity index (χ4v) is 0.606. The summed E-state index contributed by atoms with van der Waals surface area (Å²) in [6, 6.07) is 1.81. The van der Waals surface area contributed by atoms with Gasteiger partial charge < -0.3 is 4.74 Å². The van der Waals surface area contributed by atoms with Crippen molar-refractivity contribution in [3.63, 3.8) is 0 Å². The second-order valence-corrected chi connectivity index (χ2v) is 1.83. The first kappa shape index (κ1) is 6.80. The van der Waals surface area contributed by atoms with E-state index in [1.54, 1.807) is 17.1 Å². The van der Waals surface area contributed by atoms with E-state index in [1.165, 1.54) is 7.11 Å². The lowest BCUT2D eigenvalue weighted by atomic mass is 10.6. The van der Waals surface area contributed by atoms with Gasteiger partial charge in [0.25, 0.3) is 0 Å². The van der Waals surface area contributed by atoms with Gasteiger partial charge in [0.15, 0.2) is 0 Å². The van der Waals surface area contributed by atoms with Gasteiger partial charge in [-0.05, 0) is 6.07 Å². The zero-order chi connectivity index (χ0) is 7.40. The van der Waals surface area contributed by atoms with Crippen molar-refractivity contribution in [1.82, 2.24) is 9.78 Å². The summed E-state index contributed by atoms with van der Waals surface area (Å²) >= 11 is 0. The molecule has 0 fully saturated rings. The molecule has 1 N–H and O–H groups in total. The predicted molar refractivity (Wildman–Crippen MR) is 37.0 cm³/mol. The van der Waals surface area contributed by atoms with Gasteiger partial charge in [0, 0.05) is 12.4 Å². The fraction of sp³-hybridized carbons (Fsp3) is 0.333. The first-order chi connectivity index (χ1) is 4.83. The first-order valence-corrected chi connectivity index (χ1v) is 2.92. The van der Waals surface area contributed by atoms with Gasteiger partial charge in [0.2, 0.25) is 5.90 Å². The summed E-state index contributed by atoms with van der Waals surface area (Å²) in [7, 11) is 1.48. The highest BCUT2D eigenvalue weighted by Crippen LogP contribution is 1.85. The Balaban J connectivity index is 2.48. The number of nitrogens with zero attached hydrogens (tertiary/aromatic N) is 2. The second-order valence-electron chi connectivity index (χ2n) is 1.83. The van der Waals surface area contributed by atoms with Gasteiger partial charge in [0.05, 0.1) is 7.11 Å². The molecule has 54 valence electrons. The van der Waals surface area contributed by atoms with Crippen LogP contribution in [0.4, 0.5) is 0 Å². The molecular weight excluding hydrogens is 130 g/mol. The molecule has 0 aliphatic carbocycles. The number of ether oxygens (including phenoxy) is 1. The Morgan fingerprint density at radius 2 is 2.60 bits per heavy atom. The van der Waals surface area contributed by atoms with Gasteiger partial charge in [-0.1, -0.05) is 0 Å². The molecule has 1 aromatic heterocycles. The Morgan fingerprint density at radius 3 is 3.10 bits per heavy atom. The number of aromatic nitrogens is 2. The van der Waals surface area contributed by atoms with Crippen molar-refractivity contribution in [2.24, 2.45) is 0 Å². The summed E-state index contributed by atoms with van der Waals surface area (Å²) in [6.07, 6.45) is 3.45. The molecule has 1 heterocycles. The lowest BCUT2D eigenvalue weighted by Crippen LogP contribution is -2.10. The lowest BCUT2D eigenvalue weighted by Gasteiger charge is -2.00. The molecule has 0 unspecified atom stereocenters. The van der Waals surface area contributed by atoms with Crippen LogP contribution in [0.25, 0.3) is 0 Å². The summed E-state index contributed by atoms with van der Waals surface area (Å²) in [4.78, 5) is 0. The summed E-state index contributed by atoms with van der Waals surface area (Å²) in [5.41, 5.74) is 0. The van der Waals surface area contributed by atoms with E-state index in [-0.39, 0.29) is 5.90 Å². The van der Waals surface area contributed by atoms with Crippen LogP contribution in [0.5, 0.6) is 0 Å². The quantitative estimate of drug-likeness (QED) is 0.479. The van der Waals surface area contributed by atoms with E-state index < -0.39 is 0 Å². The summed E-state index contributed by atoms with van der Waals surface area (Å²) in [5.74, 6) is 0.212. The van der Waals surface area contributed by atoms with E-state index in [2.05, 4.69) is 9.84 Å². The maximum atomic E-state index is 7.13. The molecular formula is C6H9N3O. The van der Waals surface area contributed by atoms with Crippen molar-refractivity contribution >= 4 is 5.90 Å². The molecule has 0 spiro atoms. The minimum Gasteiger partial charge on any atom is -0.483 e. The van der Waals surface area contributed by atoms with Crippen LogP contribution in [-0.4, -0.2) is 22.8 Å². The summed E-state index contributed by atoms with van der Waals surface area (Å²) < 4.78 is 6.28. The first-order valence-electron chi connectivity index (χ1n) is 2.92. The molecule has 0 saturated carbocycles. The highest BCUT2D eigenvalue weighted by molar-refractivity contribution is 5.71. The van der Waals surface area contributed by atoms with Crippen molar-refractivity contribution < 1.29 is 4.74 Å². The number of rotatable bonds is 2. The van der Waals surface area contributed by atoms with Crippen LogP contribution in [0, 0.1) is 5.41 Å².